The number of benzene rings is 2. The van der Waals surface area contributed by atoms with Crippen LogP contribution < -0.4 is 14.4 Å². The van der Waals surface area contributed by atoms with Gasteiger partial charge in [0.15, 0.2) is 0 Å². The Morgan fingerprint density at radius 1 is 0.944 bits per heavy atom. The van der Waals surface area contributed by atoms with Crippen LogP contribution in [-0.2, 0) is 25.8 Å². The average molecular weight is 528 g/mol. The molecule has 1 atom stereocenters. The Morgan fingerprint density at radius 3 is 2.25 bits per heavy atom. The zero-order valence-corrected chi connectivity index (χ0v) is 20.3. The van der Waals surface area contributed by atoms with Crippen molar-refractivity contribution in [3.8, 4) is 11.5 Å². The van der Waals surface area contributed by atoms with Gasteiger partial charge in [-0.15, -0.1) is 0 Å². The van der Waals surface area contributed by atoms with Gasteiger partial charge in [-0.1, -0.05) is 6.07 Å². The van der Waals surface area contributed by atoms with E-state index in [2.05, 4.69) is 0 Å². The minimum Gasteiger partial charge on any atom is -0.497 e. The lowest BCUT2D eigenvalue weighted by Crippen LogP contribution is -2.53. The molecule has 2 fully saturated rings. The molecule has 0 radical (unpaired) electrons. The van der Waals surface area contributed by atoms with Crippen molar-refractivity contribution < 1.29 is 40.7 Å². The molecule has 2 aliphatic heterocycles. The van der Waals surface area contributed by atoms with Gasteiger partial charge in [0.25, 0.3) is 5.91 Å². The van der Waals surface area contributed by atoms with Crippen LogP contribution in [0.5, 0.6) is 11.5 Å². The van der Waals surface area contributed by atoms with Crippen LogP contribution >= 0.6 is 0 Å². The molecule has 0 unspecified atom stereocenters. The molecule has 2 aliphatic rings. The first-order chi connectivity index (χ1) is 17.0. The van der Waals surface area contributed by atoms with Crippen LogP contribution in [0.4, 0.5) is 18.9 Å². The van der Waals surface area contributed by atoms with E-state index in [0.717, 1.165) is 27.4 Å². The molecule has 2 aromatic carbocycles. The number of alkyl halides is 3. The average Bonchev–Trinajstić information content (AvgIpc) is 3.16. The van der Waals surface area contributed by atoms with E-state index in [1.54, 1.807) is 23.1 Å². The number of piperazine rings is 1. The predicted molar refractivity (Wildman–Crippen MR) is 122 cm³/mol. The highest BCUT2D eigenvalue weighted by Crippen LogP contribution is 2.36. The van der Waals surface area contributed by atoms with E-state index >= 15 is 0 Å². The molecule has 2 amide bonds. The minimum absolute atomic E-state index is 0.0393. The molecule has 194 valence electrons. The number of hydrogen-bond acceptors (Lipinski definition) is 7. The van der Waals surface area contributed by atoms with Crippen molar-refractivity contribution in [3.63, 3.8) is 0 Å². The predicted octanol–water partition coefficient (Wildman–Crippen LogP) is 2.36. The number of ether oxygens (including phenoxy) is 2. The largest absolute Gasteiger partial charge is 0.497 e. The van der Waals surface area contributed by atoms with Gasteiger partial charge in [-0.25, -0.2) is 13.3 Å². The Morgan fingerprint density at radius 2 is 1.64 bits per heavy atom. The van der Waals surface area contributed by atoms with Gasteiger partial charge in [0.2, 0.25) is 15.9 Å². The zero-order valence-electron chi connectivity index (χ0n) is 19.5. The highest BCUT2D eigenvalue weighted by molar-refractivity contribution is 7.89. The summed E-state index contributed by atoms with van der Waals surface area (Å²) in [5.74, 6) is -0.108. The van der Waals surface area contributed by atoms with Gasteiger partial charge >= 0.3 is 6.18 Å². The molecule has 0 spiro atoms. The number of amides is 2. The van der Waals surface area contributed by atoms with Gasteiger partial charge in [0, 0.05) is 32.2 Å². The van der Waals surface area contributed by atoms with Crippen LogP contribution in [0.15, 0.2) is 47.4 Å². The van der Waals surface area contributed by atoms with Crippen LogP contribution in [0.2, 0.25) is 0 Å². The Bertz CT molecular complexity index is 1280. The van der Waals surface area contributed by atoms with Gasteiger partial charge in [0.1, 0.15) is 11.5 Å². The van der Waals surface area contributed by atoms with Gasteiger partial charge in [-0.2, -0.15) is 17.5 Å². The van der Waals surface area contributed by atoms with Crippen molar-refractivity contribution in [1.82, 2.24) is 9.21 Å². The number of halogens is 3. The summed E-state index contributed by atoms with van der Waals surface area (Å²) in [7, 11) is -1.29. The van der Waals surface area contributed by atoms with E-state index in [9.17, 15) is 31.2 Å². The van der Waals surface area contributed by atoms with Crippen molar-refractivity contribution >= 4 is 27.5 Å². The first-order valence-corrected chi connectivity index (χ1v) is 12.4. The summed E-state index contributed by atoms with van der Waals surface area (Å²) in [4.78, 5) is 28.3. The van der Waals surface area contributed by atoms with Crippen LogP contribution in [-0.4, -0.2) is 75.9 Å². The third-order valence-electron chi connectivity index (χ3n) is 6.26. The van der Waals surface area contributed by atoms with Crippen LogP contribution in [0.3, 0.4) is 0 Å². The molecule has 0 bridgehead atoms. The Kier molecular flexibility index (Phi) is 6.99. The minimum atomic E-state index is -4.67. The summed E-state index contributed by atoms with van der Waals surface area (Å²) in [6.07, 6.45) is -4.76. The van der Waals surface area contributed by atoms with Crippen molar-refractivity contribution in [3.05, 3.63) is 48.0 Å². The standard InChI is InChI=1S/C23H24F3N3O6S/c1-34-16-6-7-18(20(13-16)35-2)29-21(30)14-19(22(29)31)27-8-10-28(11-9-27)36(32,33)17-5-3-4-15(12-17)23(24,25)26/h3-7,12-13,19H,8-11,14H2,1-2H3/t19-/m1/s1. The number of methoxy groups -OCH3 is 2. The Balaban J connectivity index is 1.47. The van der Waals surface area contributed by atoms with Gasteiger partial charge in [-0.3, -0.25) is 14.5 Å². The number of nitrogens with zero attached hydrogens (tertiary/aromatic N) is 3. The summed E-state index contributed by atoms with van der Waals surface area (Å²) in [6.45, 7) is 0.190. The molecule has 2 aromatic rings. The molecule has 4 rings (SSSR count). The Hall–Kier alpha value is -3.16. The lowest BCUT2D eigenvalue weighted by Gasteiger charge is -2.36. The first kappa shape index (κ1) is 25.9. The number of imide groups is 1. The molecule has 9 nitrogen and oxygen atoms in total. The summed E-state index contributed by atoms with van der Waals surface area (Å²) in [6, 6.07) is 7.51. The highest BCUT2D eigenvalue weighted by atomic mass is 32.2. The number of sulfonamides is 1. The molecular formula is C23H24F3N3O6S. The molecule has 0 aromatic heterocycles. The normalized spacial score (nSPS) is 20.1. The summed E-state index contributed by atoms with van der Waals surface area (Å²) < 4.78 is 76.6. The van der Waals surface area contributed by atoms with E-state index in [4.69, 9.17) is 9.47 Å². The summed E-state index contributed by atoms with van der Waals surface area (Å²) in [5.41, 5.74) is -0.770. The van der Waals surface area contributed by atoms with E-state index in [-0.39, 0.29) is 44.0 Å². The van der Waals surface area contributed by atoms with E-state index in [1.165, 1.54) is 14.2 Å². The van der Waals surface area contributed by atoms with E-state index < -0.39 is 44.5 Å². The molecule has 13 heteroatoms. The van der Waals surface area contributed by atoms with Crippen LogP contribution in [0, 0.1) is 0 Å². The Labute approximate surface area is 206 Å². The maximum absolute atomic E-state index is 13.2. The molecule has 2 saturated heterocycles. The maximum atomic E-state index is 13.2. The molecule has 0 N–H and O–H groups in total. The SMILES string of the molecule is COc1ccc(N2C(=O)C[C@@H](N3CCN(S(=O)(=O)c4cccc(C(F)(F)F)c4)CC3)C2=O)c(OC)c1. The topological polar surface area (TPSA) is 96.5 Å². The van der Waals surface area contributed by atoms with Crippen LogP contribution in [0.25, 0.3) is 0 Å². The van der Waals surface area contributed by atoms with Crippen molar-refractivity contribution in [2.24, 2.45) is 0 Å². The van der Waals surface area contributed by atoms with Crippen molar-refractivity contribution in [2.75, 3.05) is 45.3 Å². The van der Waals surface area contributed by atoms with Crippen molar-refractivity contribution in [2.45, 2.75) is 23.5 Å². The monoisotopic (exact) mass is 527 g/mol. The molecule has 36 heavy (non-hydrogen) atoms. The number of hydrogen-bond donors (Lipinski definition) is 0. The first-order valence-electron chi connectivity index (χ1n) is 11.0. The van der Waals surface area contributed by atoms with Gasteiger partial charge in [-0.05, 0) is 30.3 Å². The fraction of sp³-hybridized carbons (Fsp3) is 0.391. The summed E-state index contributed by atoms with van der Waals surface area (Å²) >= 11 is 0. The zero-order chi connectivity index (χ0) is 26.3. The number of carbonyl (C=O) groups is 2. The maximum Gasteiger partial charge on any atom is 0.416 e. The fourth-order valence-corrected chi connectivity index (χ4v) is 5.83. The quantitative estimate of drug-likeness (QED) is 0.532. The summed E-state index contributed by atoms with van der Waals surface area (Å²) in [5, 5.41) is 0. The molecular weight excluding hydrogens is 503 g/mol. The highest BCUT2D eigenvalue weighted by Gasteiger charge is 2.45. The smallest absolute Gasteiger partial charge is 0.416 e. The second-order valence-electron chi connectivity index (χ2n) is 8.29. The second kappa shape index (κ2) is 9.71. The third-order valence-corrected chi connectivity index (χ3v) is 8.16. The molecule has 2 heterocycles. The van der Waals surface area contributed by atoms with Gasteiger partial charge in [0.05, 0.1) is 42.8 Å². The van der Waals surface area contributed by atoms with E-state index in [1.807, 2.05) is 0 Å². The van der Waals surface area contributed by atoms with Crippen molar-refractivity contribution in [1.29, 1.82) is 0 Å². The number of anilines is 1. The lowest BCUT2D eigenvalue weighted by molar-refractivity contribution is -0.137. The molecule has 0 saturated carbocycles. The van der Waals surface area contributed by atoms with Crippen LogP contribution in [0.1, 0.15) is 12.0 Å². The number of rotatable bonds is 6. The third kappa shape index (κ3) is 4.77. The van der Waals surface area contributed by atoms with Gasteiger partial charge < -0.3 is 9.47 Å². The number of carbonyl (C=O) groups excluding carboxylic acids is 2. The molecule has 0 aliphatic carbocycles. The second-order valence-corrected chi connectivity index (χ2v) is 10.2. The fourth-order valence-electron chi connectivity index (χ4n) is 4.36. The lowest BCUT2D eigenvalue weighted by atomic mass is 10.2. The van der Waals surface area contributed by atoms with E-state index in [0.29, 0.717) is 11.8 Å².